The summed E-state index contributed by atoms with van der Waals surface area (Å²) in [4.78, 5) is 19.1. The van der Waals surface area contributed by atoms with Crippen molar-refractivity contribution < 1.29 is 4.92 Å². The highest BCUT2D eigenvalue weighted by atomic mass is 35.5. The second-order valence-electron chi connectivity index (χ2n) is 5.42. The van der Waals surface area contributed by atoms with Gasteiger partial charge in [-0.3, -0.25) is 15.0 Å². The Hall–Kier alpha value is -1.40. The Morgan fingerprint density at radius 3 is 2.55 bits per heavy atom. The maximum Gasteiger partial charge on any atom is 0.311 e. The van der Waals surface area contributed by atoms with E-state index in [4.69, 9.17) is 11.6 Å². The summed E-state index contributed by atoms with van der Waals surface area (Å²) < 4.78 is 0. The Morgan fingerprint density at radius 1 is 1.35 bits per heavy atom. The van der Waals surface area contributed by atoms with Gasteiger partial charge in [0.15, 0.2) is 0 Å². The molecular weight excluding hydrogens is 280 g/mol. The molecule has 0 radical (unpaired) electrons. The third-order valence-corrected chi connectivity index (χ3v) is 3.52. The van der Waals surface area contributed by atoms with Crippen molar-refractivity contribution in [2.75, 3.05) is 37.6 Å². The molecule has 1 fully saturated rings. The first-order valence-electron chi connectivity index (χ1n) is 6.75. The zero-order valence-electron chi connectivity index (χ0n) is 11.8. The summed E-state index contributed by atoms with van der Waals surface area (Å²) in [6, 6.07) is 2.88. The molecule has 2 heterocycles. The summed E-state index contributed by atoms with van der Waals surface area (Å²) in [5.74, 6) is 1.01. The highest BCUT2D eigenvalue weighted by Crippen LogP contribution is 2.28. The molecule has 0 N–H and O–H groups in total. The fraction of sp³-hybridized carbons (Fsp3) is 0.615. The Kier molecular flexibility index (Phi) is 4.77. The monoisotopic (exact) mass is 298 g/mol. The maximum absolute atomic E-state index is 11.1. The molecule has 1 aromatic heterocycles. The van der Waals surface area contributed by atoms with E-state index in [1.807, 2.05) is 4.90 Å². The van der Waals surface area contributed by atoms with E-state index >= 15 is 0 Å². The van der Waals surface area contributed by atoms with Crippen molar-refractivity contribution in [3.05, 3.63) is 27.4 Å². The quantitative estimate of drug-likeness (QED) is 0.485. The van der Waals surface area contributed by atoms with Crippen molar-refractivity contribution in [3.63, 3.8) is 0 Å². The molecule has 0 bridgehead atoms. The van der Waals surface area contributed by atoms with Crippen molar-refractivity contribution >= 4 is 23.1 Å². The highest BCUT2D eigenvalue weighted by molar-refractivity contribution is 6.29. The minimum absolute atomic E-state index is 0.0201. The predicted octanol–water partition coefficient (Wildman–Crippen LogP) is 2.42. The van der Waals surface area contributed by atoms with Crippen LogP contribution in [0.25, 0.3) is 0 Å². The number of piperazine rings is 1. The number of pyridine rings is 1. The number of anilines is 1. The van der Waals surface area contributed by atoms with E-state index in [1.165, 1.54) is 12.1 Å². The third-order valence-electron chi connectivity index (χ3n) is 3.31. The molecule has 1 saturated heterocycles. The van der Waals surface area contributed by atoms with Gasteiger partial charge in [-0.1, -0.05) is 25.4 Å². The van der Waals surface area contributed by atoms with Crippen LogP contribution in [-0.2, 0) is 0 Å². The van der Waals surface area contributed by atoms with Gasteiger partial charge in [0.1, 0.15) is 5.15 Å². The van der Waals surface area contributed by atoms with Gasteiger partial charge in [0.2, 0.25) is 5.82 Å². The van der Waals surface area contributed by atoms with Gasteiger partial charge < -0.3 is 4.90 Å². The van der Waals surface area contributed by atoms with Crippen LogP contribution in [0.3, 0.4) is 0 Å². The van der Waals surface area contributed by atoms with Gasteiger partial charge in [-0.2, -0.15) is 0 Å². The lowest BCUT2D eigenvalue weighted by Gasteiger charge is -2.35. The van der Waals surface area contributed by atoms with Gasteiger partial charge in [-0.05, 0) is 12.0 Å². The first-order valence-corrected chi connectivity index (χ1v) is 7.13. The van der Waals surface area contributed by atoms with Crippen LogP contribution in [0.4, 0.5) is 11.5 Å². The number of nitrogens with zero attached hydrogens (tertiary/aromatic N) is 4. The van der Waals surface area contributed by atoms with Crippen LogP contribution in [0.2, 0.25) is 5.15 Å². The summed E-state index contributed by atoms with van der Waals surface area (Å²) in [5.41, 5.74) is 0.0201. The largest absolute Gasteiger partial charge is 0.348 e. The van der Waals surface area contributed by atoms with E-state index in [2.05, 4.69) is 23.7 Å². The predicted molar refractivity (Wildman–Crippen MR) is 79.4 cm³/mol. The van der Waals surface area contributed by atoms with Gasteiger partial charge in [-0.25, -0.2) is 4.98 Å². The zero-order valence-corrected chi connectivity index (χ0v) is 12.5. The minimum Gasteiger partial charge on any atom is -0.348 e. The van der Waals surface area contributed by atoms with E-state index in [0.29, 0.717) is 11.7 Å². The highest BCUT2D eigenvalue weighted by Gasteiger charge is 2.25. The number of hydrogen-bond acceptors (Lipinski definition) is 5. The lowest BCUT2D eigenvalue weighted by Crippen LogP contribution is -2.47. The molecular formula is C13H19ClN4O2. The van der Waals surface area contributed by atoms with Crippen LogP contribution in [0.5, 0.6) is 0 Å². The second-order valence-corrected chi connectivity index (χ2v) is 5.80. The summed E-state index contributed by atoms with van der Waals surface area (Å²) in [6.45, 7) is 8.69. The molecule has 1 aliphatic heterocycles. The number of nitro groups is 1. The van der Waals surface area contributed by atoms with E-state index in [1.54, 1.807) is 0 Å². The van der Waals surface area contributed by atoms with Crippen LogP contribution in [-0.4, -0.2) is 47.5 Å². The normalized spacial score (nSPS) is 16.7. The van der Waals surface area contributed by atoms with Gasteiger partial charge in [0.25, 0.3) is 0 Å². The molecule has 20 heavy (non-hydrogen) atoms. The average molecular weight is 299 g/mol. The van der Waals surface area contributed by atoms with Crippen LogP contribution in [0, 0.1) is 16.0 Å². The van der Waals surface area contributed by atoms with Crippen LogP contribution < -0.4 is 4.90 Å². The van der Waals surface area contributed by atoms with Crippen LogP contribution in [0.15, 0.2) is 12.1 Å². The fourth-order valence-corrected chi connectivity index (χ4v) is 2.59. The molecule has 0 aliphatic carbocycles. The second kappa shape index (κ2) is 6.37. The van der Waals surface area contributed by atoms with Crippen molar-refractivity contribution in [1.29, 1.82) is 0 Å². The molecule has 0 spiro atoms. The van der Waals surface area contributed by atoms with E-state index in [0.717, 1.165) is 32.7 Å². The molecule has 2 rings (SSSR count). The molecule has 0 atom stereocenters. The Labute approximate surface area is 123 Å². The SMILES string of the molecule is CC(C)CN1CCN(c2nc(Cl)ccc2[N+](=O)[O-])CC1. The van der Waals surface area contributed by atoms with Gasteiger partial charge in [-0.15, -0.1) is 0 Å². The third kappa shape index (κ3) is 3.58. The minimum atomic E-state index is -0.404. The molecule has 1 aliphatic rings. The molecule has 7 heteroatoms. The lowest BCUT2D eigenvalue weighted by atomic mass is 10.2. The van der Waals surface area contributed by atoms with E-state index in [-0.39, 0.29) is 10.8 Å². The summed E-state index contributed by atoms with van der Waals surface area (Å²) in [5, 5.41) is 11.4. The molecule has 110 valence electrons. The number of hydrogen-bond donors (Lipinski definition) is 0. The lowest BCUT2D eigenvalue weighted by molar-refractivity contribution is -0.384. The summed E-state index contributed by atoms with van der Waals surface area (Å²) in [7, 11) is 0. The first-order chi connectivity index (χ1) is 9.47. The smallest absolute Gasteiger partial charge is 0.311 e. The average Bonchev–Trinajstić information content (AvgIpc) is 2.38. The van der Waals surface area contributed by atoms with Crippen molar-refractivity contribution in [2.45, 2.75) is 13.8 Å². The van der Waals surface area contributed by atoms with Crippen molar-refractivity contribution in [1.82, 2.24) is 9.88 Å². The van der Waals surface area contributed by atoms with E-state index in [9.17, 15) is 10.1 Å². The van der Waals surface area contributed by atoms with Crippen LogP contribution in [0.1, 0.15) is 13.8 Å². The van der Waals surface area contributed by atoms with Gasteiger partial charge >= 0.3 is 5.69 Å². The molecule has 6 nitrogen and oxygen atoms in total. The first kappa shape index (κ1) is 15.0. The topological polar surface area (TPSA) is 62.5 Å². The van der Waals surface area contributed by atoms with Crippen molar-refractivity contribution in [2.24, 2.45) is 5.92 Å². The summed E-state index contributed by atoms with van der Waals surface area (Å²) >= 11 is 5.87. The fourth-order valence-electron chi connectivity index (χ4n) is 2.45. The summed E-state index contributed by atoms with van der Waals surface area (Å²) in [6.07, 6.45) is 0. The Bertz CT molecular complexity index is 487. The van der Waals surface area contributed by atoms with Gasteiger partial charge in [0.05, 0.1) is 4.92 Å². The maximum atomic E-state index is 11.1. The zero-order chi connectivity index (χ0) is 14.7. The Morgan fingerprint density at radius 2 is 2.00 bits per heavy atom. The standard InChI is InChI=1S/C13H19ClN4O2/c1-10(2)9-16-5-7-17(8-6-16)13-11(18(19)20)3-4-12(14)15-13/h3-4,10H,5-9H2,1-2H3. The van der Waals surface area contributed by atoms with Crippen LogP contribution >= 0.6 is 11.6 Å². The Balaban J connectivity index is 2.10. The number of rotatable bonds is 4. The molecule has 0 amide bonds. The van der Waals surface area contributed by atoms with Gasteiger partial charge in [0, 0.05) is 38.8 Å². The molecule has 0 aromatic carbocycles. The molecule has 1 aromatic rings. The molecule has 0 saturated carbocycles. The molecule has 0 unspecified atom stereocenters. The van der Waals surface area contributed by atoms with Crippen molar-refractivity contribution in [3.8, 4) is 0 Å². The number of halogens is 1. The number of aromatic nitrogens is 1. The van der Waals surface area contributed by atoms with E-state index < -0.39 is 4.92 Å².